The van der Waals surface area contributed by atoms with Crippen LogP contribution in [0.5, 0.6) is 0 Å². The van der Waals surface area contributed by atoms with Crippen LogP contribution in [0.4, 0.5) is 0 Å². The summed E-state index contributed by atoms with van der Waals surface area (Å²) in [5.41, 5.74) is 2.12. The van der Waals surface area contributed by atoms with E-state index in [9.17, 15) is 5.11 Å². The Hall–Kier alpha value is -0.570. The quantitative estimate of drug-likeness (QED) is 0.562. The number of hydrogen-bond acceptors (Lipinski definition) is 3. The van der Waals surface area contributed by atoms with E-state index in [0.29, 0.717) is 16.7 Å². The zero-order valence-electron chi connectivity index (χ0n) is 16.6. The van der Waals surface area contributed by atoms with Gasteiger partial charge in [-0.05, 0) is 99.2 Å². The van der Waals surface area contributed by atoms with Crippen molar-refractivity contribution in [2.24, 2.45) is 45.6 Å². The molecule has 142 valence electrons. The largest absolute Gasteiger partial charge is 0.399 e. The summed E-state index contributed by atoms with van der Waals surface area (Å²) in [6.07, 6.45) is 11.4. The van der Waals surface area contributed by atoms with E-state index in [4.69, 9.17) is 4.84 Å². The molecule has 0 bridgehead atoms. The first kappa shape index (κ1) is 17.8. The maximum absolute atomic E-state index is 10.2. The molecule has 4 aliphatic carbocycles. The monoisotopic (exact) mass is 347 g/mol. The van der Waals surface area contributed by atoms with Gasteiger partial charge >= 0.3 is 0 Å². The van der Waals surface area contributed by atoms with Crippen LogP contribution in [0.15, 0.2) is 5.16 Å². The molecule has 8 atom stereocenters. The minimum Gasteiger partial charge on any atom is -0.399 e. The highest BCUT2D eigenvalue weighted by Crippen LogP contribution is 2.67. The van der Waals surface area contributed by atoms with Crippen molar-refractivity contribution in [3.8, 4) is 0 Å². The number of hydrogen-bond donors (Lipinski definition) is 1. The van der Waals surface area contributed by atoms with E-state index >= 15 is 0 Å². The molecule has 0 amide bonds. The molecule has 4 rings (SSSR count). The van der Waals surface area contributed by atoms with E-state index in [-0.39, 0.29) is 6.10 Å². The summed E-state index contributed by atoms with van der Waals surface area (Å²) in [7, 11) is 1.68. The van der Waals surface area contributed by atoms with Gasteiger partial charge in [-0.3, -0.25) is 0 Å². The summed E-state index contributed by atoms with van der Waals surface area (Å²) in [6, 6.07) is 0. The molecule has 3 heteroatoms. The summed E-state index contributed by atoms with van der Waals surface area (Å²) < 4.78 is 0. The molecule has 0 spiro atoms. The summed E-state index contributed by atoms with van der Waals surface area (Å²) in [5.74, 6) is 4.02. The van der Waals surface area contributed by atoms with E-state index in [1.807, 2.05) is 0 Å². The number of aliphatic hydroxyl groups is 1. The van der Waals surface area contributed by atoms with Crippen molar-refractivity contribution < 1.29 is 9.94 Å². The van der Waals surface area contributed by atoms with Crippen LogP contribution in [0.1, 0.15) is 78.6 Å². The molecule has 0 saturated heterocycles. The maximum Gasteiger partial charge on any atom is 0.106 e. The third kappa shape index (κ3) is 2.59. The van der Waals surface area contributed by atoms with Crippen molar-refractivity contribution in [2.45, 2.75) is 84.7 Å². The molecule has 0 aromatic carbocycles. The van der Waals surface area contributed by atoms with Crippen LogP contribution < -0.4 is 0 Å². The predicted octanol–water partition coefficient (Wildman–Crippen LogP) is 5.03. The fraction of sp³-hybridized carbons (Fsp3) is 0.955. The highest BCUT2D eigenvalue weighted by atomic mass is 16.6. The van der Waals surface area contributed by atoms with Gasteiger partial charge < -0.3 is 9.94 Å². The van der Waals surface area contributed by atoms with Crippen LogP contribution in [0, 0.1) is 40.4 Å². The van der Waals surface area contributed by atoms with Crippen molar-refractivity contribution in [3.63, 3.8) is 0 Å². The zero-order chi connectivity index (χ0) is 17.8. The Labute approximate surface area is 153 Å². The van der Waals surface area contributed by atoms with E-state index in [1.54, 1.807) is 7.11 Å². The summed E-state index contributed by atoms with van der Waals surface area (Å²) in [5, 5.41) is 14.5. The first-order chi connectivity index (χ1) is 11.9. The van der Waals surface area contributed by atoms with Gasteiger partial charge in [-0.15, -0.1) is 0 Å². The lowest BCUT2D eigenvalue weighted by atomic mass is 9.44. The van der Waals surface area contributed by atoms with Crippen molar-refractivity contribution in [1.29, 1.82) is 0 Å². The minimum atomic E-state index is -0.0350. The number of aliphatic hydroxyl groups excluding tert-OH is 1. The Morgan fingerprint density at radius 1 is 0.960 bits per heavy atom. The van der Waals surface area contributed by atoms with E-state index < -0.39 is 0 Å². The second-order valence-electron chi connectivity index (χ2n) is 10.2. The predicted molar refractivity (Wildman–Crippen MR) is 101 cm³/mol. The first-order valence-electron chi connectivity index (χ1n) is 10.7. The lowest BCUT2D eigenvalue weighted by Gasteiger charge is -2.61. The summed E-state index contributed by atoms with van der Waals surface area (Å²) in [6.45, 7) is 7.31. The zero-order valence-corrected chi connectivity index (χ0v) is 16.6. The van der Waals surface area contributed by atoms with Gasteiger partial charge in [0.05, 0.1) is 11.8 Å². The molecule has 8 unspecified atom stereocenters. The summed E-state index contributed by atoms with van der Waals surface area (Å²) in [4.78, 5) is 5.11. The molecule has 0 aromatic rings. The molecule has 4 saturated carbocycles. The van der Waals surface area contributed by atoms with E-state index in [0.717, 1.165) is 36.5 Å². The molecule has 0 aliphatic heterocycles. The van der Waals surface area contributed by atoms with Crippen LogP contribution in [0.2, 0.25) is 0 Å². The Morgan fingerprint density at radius 3 is 2.44 bits per heavy atom. The van der Waals surface area contributed by atoms with Gasteiger partial charge in [-0.1, -0.05) is 19.0 Å². The number of oxime groups is 1. The first-order valence-corrected chi connectivity index (χ1v) is 10.7. The highest BCUT2D eigenvalue weighted by Gasteiger charge is 2.60. The Balaban J connectivity index is 1.59. The summed E-state index contributed by atoms with van der Waals surface area (Å²) >= 11 is 0. The molecule has 1 N–H and O–H groups in total. The van der Waals surface area contributed by atoms with Gasteiger partial charge in [0.25, 0.3) is 0 Å². The Bertz CT molecular complexity index is 546. The lowest BCUT2D eigenvalue weighted by molar-refractivity contribution is -0.123. The molecule has 0 radical (unpaired) electrons. The third-order valence-electron chi connectivity index (χ3n) is 9.38. The second kappa shape index (κ2) is 6.25. The average Bonchev–Trinajstić information content (AvgIpc) is 2.93. The van der Waals surface area contributed by atoms with Crippen LogP contribution in [-0.4, -0.2) is 24.0 Å². The second-order valence-corrected chi connectivity index (χ2v) is 10.2. The highest BCUT2D eigenvalue weighted by molar-refractivity contribution is 5.85. The van der Waals surface area contributed by atoms with Crippen molar-refractivity contribution in [2.75, 3.05) is 7.11 Å². The van der Waals surface area contributed by atoms with Crippen molar-refractivity contribution >= 4 is 5.71 Å². The number of nitrogens with zero attached hydrogens (tertiary/aromatic N) is 1. The van der Waals surface area contributed by atoms with Crippen LogP contribution in [-0.2, 0) is 4.84 Å². The van der Waals surface area contributed by atoms with Gasteiger partial charge in [0.15, 0.2) is 0 Å². The normalized spacial score (nSPS) is 52.9. The molecule has 25 heavy (non-hydrogen) atoms. The smallest absolute Gasteiger partial charge is 0.106 e. The molecule has 4 aliphatic rings. The standard InChI is InChI=1S/C22H37NO2/c1-14(23-25-4)18-7-8-19-17-6-5-15-13-16(24)9-11-21(15,2)20(17)10-12-22(18,19)3/h15-20,24H,5-13H2,1-4H3/b23-14-. The van der Waals surface area contributed by atoms with Crippen LogP contribution in [0.25, 0.3) is 0 Å². The minimum absolute atomic E-state index is 0.0350. The molecular weight excluding hydrogens is 310 g/mol. The van der Waals surface area contributed by atoms with E-state index in [1.165, 1.54) is 50.7 Å². The molecule has 4 fully saturated rings. The van der Waals surface area contributed by atoms with Crippen LogP contribution in [0.3, 0.4) is 0 Å². The average molecular weight is 348 g/mol. The molecular formula is C22H37NO2. The molecule has 3 nitrogen and oxygen atoms in total. The Morgan fingerprint density at radius 2 is 1.68 bits per heavy atom. The van der Waals surface area contributed by atoms with Crippen molar-refractivity contribution in [3.05, 3.63) is 0 Å². The van der Waals surface area contributed by atoms with Crippen LogP contribution >= 0.6 is 0 Å². The van der Waals surface area contributed by atoms with Gasteiger partial charge in [0.2, 0.25) is 0 Å². The number of fused-ring (bicyclic) bond motifs is 5. The fourth-order valence-corrected chi connectivity index (χ4v) is 8.13. The topological polar surface area (TPSA) is 41.8 Å². The van der Waals surface area contributed by atoms with Crippen molar-refractivity contribution in [1.82, 2.24) is 0 Å². The fourth-order valence-electron chi connectivity index (χ4n) is 8.13. The lowest BCUT2D eigenvalue weighted by Crippen LogP contribution is -2.54. The SMILES string of the molecule is CO/N=C(/C)C1CCC2C3CCC4CC(O)CCC4(C)C3CCC12C. The molecule has 0 aromatic heterocycles. The Kier molecular flexibility index (Phi) is 4.46. The van der Waals surface area contributed by atoms with Gasteiger partial charge in [0, 0.05) is 5.92 Å². The third-order valence-corrected chi connectivity index (χ3v) is 9.38. The van der Waals surface area contributed by atoms with Gasteiger partial charge in [-0.2, -0.15) is 0 Å². The number of rotatable bonds is 2. The maximum atomic E-state index is 10.2. The van der Waals surface area contributed by atoms with Gasteiger partial charge in [0.1, 0.15) is 7.11 Å². The van der Waals surface area contributed by atoms with E-state index in [2.05, 4.69) is 25.9 Å². The van der Waals surface area contributed by atoms with Gasteiger partial charge in [-0.25, -0.2) is 0 Å². The molecule has 0 heterocycles.